The fourth-order valence-corrected chi connectivity index (χ4v) is 5.00. The zero-order valence-corrected chi connectivity index (χ0v) is 15.1. The van der Waals surface area contributed by atoms with E-state index in [9.17, 15) is 13.2 Å². The summed E-state index contributed by atoms with van der Waals surface area (Å²) in [6, 6.07) is 0. The SMILES string of the molecule is CNC1=C/C(=C/NCC(=O)N2CC3(CCS3(=O)=O)C2)C(=N)C=C1OC. The van der Waals surface area contributed by atoms with Gasteiger partial charge in [0.25, 0.3) is 0 Å². The third-order valence-corrected chi connectivity index (χ3v) is 7.47. The molecule has 1 spiro atoms. The molecule has 25 heavy (non-hydrogen) atoms. The number of nitrogens with one attached hydrogen (secondary N) is 3. The number of likely N-dealkylation sites (tertiary alicyclic amines) is 1. The van der Waals surface area contributed by atoms with Gasteiger partial charge in [-0.2, -0.15) is 0 Å². The highest BCUT2D eigenvalue weighted by molar-refractivity contribution is 7.94. The summed E-state index contributed by atoms with van der Waals surface area (Å²) in [7, 11) is 0.299. The Bertz CT molecular complexity index is 804. The highest BCUT2D eigenvalue weighted by Crippen LogP contribution is 2.41. The number of ether oxygens (including phenoxy) is 1. The van der Waals surface area contributed by atoms with Crippen molar-refractivity contribution in [2.45, 2.75) is 11.2 Å². The minimum absolute atomic E-state index is 0.0660. The monoisotopic (exact) mass is 366 g/mol. The number of amides is 1. The minimum Gasteiger partial charge on any atom is -0.495 e. The summed E-state index contributed by atoms with van der Waals surface area (Å²) in [5.41, 5.74) is 1.65. The highest BCUT2D eigenvalue weighted by atomic mass is 32.2. The summed E-state index contributed by atoms with van der Waals surface area (Å²) >= 11 is 0. The minimum atomic E-state index is -3.00. The number of allylic oxidation sites excluding steroid dienone is 3. The first-order chi connectivity index (χ1) is 11.8. The first kappa shape index (κ1) is 17.5. The van der Waals surface area contributed by atoms with E-state index in [4.69, 9.17) is 10.1 Å². The summed E-state index contributed by atoms with van der Waals surface area (Å²) in [6.45, 7) is 0.661. The van der Waals surface area contributed by atoms with Gasteiger partial charge in [-0.1, -0.05) is 0 Å². The van der Waals surface area contributed by atoms with E-state index in [0.717, 1.165) is 5.70 Å². The van der Waals surface area contributed by atoms with Crippen molar-refractivity contribution < 1.29 is 17.9 Å². The lowest BCUT2D eigenvalue weighted by atomic mass is 9.94. The van der Waals surface area contributed by atoms with Crippen LogP contribution >= 0.6 is 0 Å². The van der Waals surface area contributed by atoms with Gasteiger partial charge in [0.15, 0.2) is 9.84 Å². The lowest BCUT2D eigenvalue weighted by Crippen LogP contribution is -2.73. The van der Waals surface area contributed by atoms with Gasteiger partial charge < -0.3 is 25.7 Å². The zero-order chi connectivity index (χ0) is 18.2. The quantitative estimate of drug-likeness (QED) is 0.606. The average molecular weight is 366 g/mol. The molecule has 0 aromatic heterocycles. The molecule has 136 valence electrons. The number of likely N-dealkylation sites (N-methyl/N-ethyl adjacent to an activating group) is 1. The van der Waals surface area contributed by atoms with Crippen molar-refractivity contribution in [3.05, 3.63) is 35.4 Å². The second-order valence-corrected chi connectivity index (χ2v) is 8.92. The lowest BCUT2D eigenvalue weighted by molar-refractivity contribution is -0.135. The first-order valence-corrected chi connectivity index (χ1v) is 9.65. The van der Waals surface area contributed by atoms with Gasteiger partial charge in [0.2, 0.25) is 5.91 Å². The maximum Gasteiger partial charge on any atom is 0.241 e. The van der Waals surface area contributed by atoms with E-state index in [1.807, 2.05) is 0 Å². The fourth-order valence-electron chi connectivity index (χ4n) is 3.18. The van der Waals surface area contributed by atoms with Gasteiger partial charge >= 0.3 is 0 Å². The molecule has 2 aliphatic heterocycles. The molecule has 0 saturated carbocycles. The molecule has 3 N–H and O–H groups in total. The van der Waals surface area contributed by atoms with E-state index in [1.54, 1.807) is 30.3 Å². The van der Waals surface area contributed by atoms with E-state index in [2.05, 4.69) is 10.6 Å². The molecular formula is C16H22N4O4S. The normalized spacial score (nSPS) is 24.8. The number of rotatable bonds is 5. The predicted octanol–water partition coefficient (Wildman–Crippen LogP) is -0.474. The van der Waals surface area contributed by atoms with Crippen molar-refractivity contribution in [1.82, 2.24) is 15.5 Å². The molecule has 2 heterocycles. The van der Waals surface area contributed by atoms with Crippen molar-refractivity contribution in [2.75, 3.05) is 39.5 Å². The Morgan fingerprint density at radius 3 is 2.68 bits per heavy atom. The summed E-state index contributed by atoms with van der Waals surface area (Å²) < 4.78 is 28.0. The van der Waals surface area contributed by atoms with E-state index < -0.39 is 14.6 Å². The van der Waals surface area contributed by atoms with Gasteiger partial charge in [-0.3, -0.25) is 4.79 Å². The number of carbonyl (C=O) groups is 1. The van der Waals surface area contributed by atoms with Gasteiger partial charge in [0, 0.05) is 38.0 Å². The van der Waals surface area contributed by atoms with E-state index in [0.29, 0.717) is 30.8 Å². The largest absolute Gasteiger partial charge is 0.495 e. The molecule has 0 unspecified atom stereocenters. The predicted molar refractivity (Wildman–Crippen MR) is 93.8 cm³/mol. The number of carbonyl (C=O) groups excluding carboxylic acids is 1. The topological polar surface area (TPSA) is 112 Å². The van der Waals surface area contributed by atoms with Crippen LogP contribution in [0.5, 0.6) is 0 Å². The summed E-state index contributed by atoms with van der Waals surface area (Å²) in [6.07, 6.45) is 5.62. The van der Waals surface area contributed by atoms with Crippen LogP contribution in [0.15, 0.2) is 35.4 Å². The van der Waals surface area contributed by atoms with Gasteiger partial charge in [-0.15, -0.1) is 0 Å². The van der Waals surface area contributed by atoms with Gasteiger partial charge in [-0.05, 0) is 12.5 Å². The molecule has 2 fully saturated rings. The van der Waals surface area contributed by atoms with Crippen LogP contribution in [0.4, 0.5) is 0 Å². The van der Waals surface area contributed by atoms with Crippen LogP contribution in [0.1, 0.15) is 6.42 Å². The fraction of sp³-hybridized carbons (Fsp3) is 0.500. The summed E-state index contributed by atoms with van der Waals surface area (Å²) in [5.74, 6) is 0.671. The maximum atomic E-state index is 12.1. The smallest absolute Gasteiger partial charge is 0.241 e. The van der Waals surface area contributed by atoms with Crippen molar-refractivity contribution in [3.63, 3.8) is 0 Å². The Balaban J connectivity index is 1.54. The van der Waals surface area contributed by atoms with Crippen LogP contribution in [-0.4, -0.2) is 69.2 Å². The van der Waals surface area contributed by atoms with Crippen LogP contribution in [0.25, 0.3) is 0 Å². The lowest BCUT2D eigenvalue weighted by Gasteiger charge is -2.54. The van der Waals surface area contributed by atoms with Crippen molar-refractivity contribution in [2.24, 2.45) is 0 Å². The Labute approximate surface area is 147 Å². The summed E-state index contributed by atoms with van der Waals surface area (Å²) in [4.78, 5) is 13.7. The van der Waals surface area contributed by atoms with Crippen molar-refractivity contribution in [3.8, 4) is 0 Å². The average Bonchev–Trinajstić information content (AvgIpc) is 2.53. The molecule has 1 aliphatic carbocycles. The molecule has 3 aliphatic rings. The van der Waals surface area contributed by atoms with Gasteiger partial charge in [0.1, 0.15) is 10.5 Å². The van der Waals surface area contributed by atoms with Gasteiger partial charge in [-0.25, -0.2) is 8.42 Å². The number of methoxy groups -OCH3 is 1. The molecular weight excluding hydrogens is 344 g/mol. The second-order valence-electron chi connectivity index (χ2n) is 6.42. The van der Waals surface area contributed by atoms with E-state index in [-0.39, 0.29) is 23.9 Å². The molecule has 1 amide bonds. The number of sulfone groups is 1. The number of hydrogen-bond donors (Lipinski definition) is 3. The van der Waals surface area contributed by atoms with Crippen LogP contribution in [0.3, 0.4) is 0 Å². The standard InChI is InChI=1S/C16H22N4O4S/c1-18-13-5-11(12(17)6-14(13)24-2)7-19-8-15(21)20-9-16(10-20)3-4-25(16,22)23/h5-7,17-19H,3-4,8-10H2,1-2H3/b11-7-,17-12?. The van der Waals surface area contributed by atoms with E-state index in [1.165, 1.54) is 7.11 Å². The Kier molecular flexibility index (Phi) is 4.36. The van der Waals surface area contributed by atoms with Crippen LogP contribution < -0.4 is 10.6 Å². The van der Waals surface area contributed by atoms with Crippen LogP contribution in [0, 0.1) is 5.41 Å². The van der Waals surface area contributed by atoms with Gasteiger partial charge in [0.05, 0.1) is 30.8 Å². The molecule has 3 rings (SSSR count). The summed E-state index contributed by atoms with van der Waals surface area (Å²) in [5, 5.41) is 13.9. The maximum absolute atomic E-state index is 12.1. The molecule has 0 aromatic rings. The molecule has 0 aromatic carbocycles. The molecule has 2 saturated heterocycles. The first-order valence-electron chi connectivity index (χ1n) is 8.00. The molecule has 0 bridgehead atoms. The van der Waals surface area contributed by atoms with Crippen molar-refractivity contribution >= 4 is 21.5 Å². The third kappa shape index (κ3) is 2.92. The highest BCUT2D eigenvalue weighted by Gasteiger charge is 2.60. The Hall–Kier alpha value is -2.29. The third-order valence-electron chi connectivity index (χ3n) is 4.95. The second kappa shape index (κ2) is 6.21. The number of hydrogen-bond acceptors (Lipinski definition) is 7. The molecule has 0 radical (unpaired) electrons. The molecule has 8 nitrogen and oxygen atoms in total. The van der Waals surface area contributed by atoms with Crippen LogP contribution in [-0.2, 0) is 19.4 Å². The van der Waals surface area contributed by atoms with Crippen molar-refractivity contribution in [1.29, 1.82) is 5.41 Å². The van der Waals surface area contributed by atoms with Crippen LogP contribution in [0.2, 0.25) is 0 Å². The Morgan fingerprint density at radius 2 is 2.16 bits per heavy atom. The number of nitrogens with zero attached hydrogens (tertiary/aromatic N) is 1. The van der Waals surface area contributed by atoms with E-state index >= 15 is 0 Å². The Morgan fingerprint density at radius 1 is 1.44 bits per heavy atom. The molecule has 0 atom stereocenters. The molecule has 9 heteroatoms. The zero-order valence-electron chi connectivity index (χ0n) is 14.3.